The van der Waals surface area contributed by atoms with Crippen molar-refractivity contribution in [2.75, 3.05) is 38.0 Å². The Morgan fingerprint density at radius 1 is 1.17 bits per heavy atom. The summed E-state index contributed by atoms with van der Waals surface area (Å²) in [6.07, 6.45) is 0.173. The standard InChI is InChI=1S/C17H22N4O3/c1-2-18-17(24)21-9-7-20(8-10-21)16(23)13-11-15(22)19-14-6-4-3-5-12(13)14/h3-6,13H,2,7-11H2,1H3,(H,18,24)(H,19,22). The van der Waals surface area contributed by atoms with Gasteiger partial charge in [0.05, 0.1) is 5.92 Å². The van der Waals surface area contributed by atoms with Crippen LogP contribution in [0.3, 0.4) is 0 Å². The van der Waals surface area contributed by atoms with Crippen LogP contribution in [0.5, 0.6) is 0 Å². The number of amides is 4. The number of urea groups is 1. The lowest BCUT2D eigenvalue weighted by molar-refractivity contribution is -0.136. The van der Waals surface area contributed by atoms with Crippen LogP contribution in [0.2, 0.25) is 0 Å². The van der Waals surface area contributed by atoms with Crippen LogP contribution in [0.15, 0.2) is 24.3 Å². The maximum absolute atomic E-state index is 12.9. The van der Waals surface area contributed by atoms with Gasteiger partial charge in [0.15, 0.2) is 0 Å². The summed E-state index contributed by atoms with van der Waals surface area (Å²) < 4.78 is 0. The molecule has 0 aromatic heterocycles. The van der Waals surface area contributed by atoms with Crippen molar-refractivity contribution >= 4 is 23.5 Å². The Bertz CT molecular complexity index is 653. The molecule has 1 aromatic carbocycles. The van der Waals surface area contributed by atoms with E-state index in [4.69, 9.17) is 0 Å². The molecule has 128 valence electrons. The molecule has 0 aliphatic carbocycles. The number of carbonyl (C=O) groups is 3. The van der Waals surface area contributed by atoms with Crippen molar-refractivity contribution in [2.45, 2.75) is 19.3 Å². The summed E-state index contributed by atoms with van der Waals surface area (Å²) in [5.41, 5.74) is 1.58. The third-order valence-corrected chi connectivity index (χ3v) is 4.50. The van der Waals surface area contributed by atoms with Gasteiger partial charge in [0.1, 0.15) is 0 Å². The lowest BCUT2D eigenvalue weighted by atomic mass is 9.89. The van der Waals surface area contributed by atoms with E-state index in [9.17, 15) is 14.4 Å². The first kappa shape index (κ1) is 16.3. The van der Waals surface area contributed by atoms with E-state index >= 15 is 0 Å². The van der Waals surface area contributed by atoms with Crippen LogP contribution in [-0.2, 0) is 9.59 Å². The number of anilines is 1. The molecule has 1 aromatic rings. The third kappa shape index (κ3) is 3.20. The minimum atomic E-state index is -0.439. The van der Waals surface area contributed by atoms with E-state index in [2.05, 4.69) is 10.6 Å². The molecule has 3 rings (SSSR count). The van der Waals surface area contributed by atoms with Crippen LogP contribution in [-0.4, -0.2) is 60.4 Å². The number of para-hydroxylation sites is 1. The molecule has 1 atom stereocenters. The van der Waals surface area contributed by atoms with Gasteiger partial charge in [-0.15, -0.1) is 0 Å². The molecule has 2 heterocycles. The van der Waals surface area contributed by atoms with Crippen molar-refractivity contribution in [1.82, 2.24) is 15.1 Å². The molecule has 1 unspecified atom stereocenters. The molecule has 0 radical (unpaired) electrons. The van der Waals surface area contributed by atoms with E-state index in [1.54, 1.807) is 9.80 Å². The maximum atomic E-state index is 12.9. The van der Waals surface area contributed by atoms with Gasteiger partial charge in [0.25, 0.3) is 0 Å². The molecule has 4 amide bonds. The second-order valence-electron chi connectivity index (χ2n) is 6.04. The summed E-state index contributed by atoms with van der Waals surface area (Å²) in [6, 6.07) is 7.34. The maximum Gasteiger partial charge on any atom is 0.317 e. The minimum Gasteiger partial charge on any atom is -0.339 e. The molecule has 24 heavy (non-hydrogen) atoms. The number of nitrogens with one attached hydrogen (secondary N) is 2. The fourth-order valence-electron chi connectivity index (χ4n) is 3.24. The topological polar surface area (TPSA) is 81.8 Å². The molecular weight excluding hydrogens is 308 g/mol. The number of rotatable bonds is 2. The van der Waals surface area contributed by atoms with Gasteiger partial charge in [-0.05, 0) is 18.6 Å². The number of benzene rings is 1. The first-order valence-electron chi connectivity index (χ1n) is 8.30. The van der Waals surface area contributed by atoms with E-state index < -0.39 is 5.92 Å². The molecule has 0 spiro atoms. The van der Waals surface area contributed by atoms with Crippen molar-refractivity contribution < 1.29 is 14.4 Å². The Labute approximate surface area is 141 Å². The number of piperazine rings is 1. The Morgan fingerprint density at radius 3 is 2.54 bits per heavy atom. The van der Waals surface area contributed by atoms with Crippen LogP contribution in [0.1, 0.15) is 24.8 Å². The monoisotopic (exact) mass is 330 g/mol. The van der Waals surface area contributed by atoms with Gasteiger partial charge in [0.2, 0.25) is 11.8 Å². The van der Waals surface area contributed by atoms with Gasteiger partial charge in [-0.2, -0.15) is 0 Å². The molecule has 2 aliphatic rings. The second-order valence-corrected chi connectivity index (χ2v) is 6.04. The van der Waals surface area contributed by atoms with Gasteiger partial charge >= 0.3 is 6.03 Å². The highest BCUT2D eigenvalue weighted by atomic mass is 16.2. The molecule has 0 bridgehead atoms. The van der Waals surface area contributed by atoms with Gasteiger partial charge in [-0.1, -0.05) is 18.2 Å². The van der Waals surface area contributed by atoms with Crippen molar-refractivity contribution in [1.29, 1.82) is 0 Å². The highest BCUT2D eigenvalue weighted by Crippen LogP contribution is 2.33. The Morgan fingerprint density at radius 2 is 1.83 bits per heavy atom. The third-order valence-electron chi connectivity index (χ3n) is 4.50. The van der Waals surface area contributed by atoms with Gasteiger partial charge < -0.3 is 20.4 Å². The Kier molecular flexibility index (Phi) is 4.69. The number of hydrogen-bond acceptors (Lipinski definition) is 3. The van der Waals surface area contributed by atoms with E-state index in [1.165, 1.54) is 0 Å². The first-order valence-corrected chi connectivity index (χ1v) is 8.30. The van der Waals surface area contributed by atoms with Crippen LogP contribution >= 0.6 is 0 Å². The summed E-state index contributed by atoms with van der Waals surface area (Å²) in [5, 5.41) is 5.58. The number of fused-ring (bicyclic) bond motifs is 1. The number of hydrogen-bond donors (Lipinski definition) is 2. The zero-order valence-corrected chi connectivity index (χ0v) is 13.7. The fraction of sp³-hybridized carbons (Fsp3) is 0.471. The molecule has 1 fully saturated rings. The van der Waals surface area contributed by atoms with Gasteiger partial charge in [-0.25, -0.2) is 4.79 Å². The largest absolute Gasteiger partial charge is 0.339 e. The van der Waals surface area contributed by atoms with E-state index in [0.717, 1.165) is 5.56 Å². The summed E-state index contributed by atoms with van der Waals surface area (Å²) in [6.45, 7) is 4.48. The van der Waals surface area contributed by atoms with Gasteiger partial charge in [-0.3, -0.25) is 9.59 Å². The van der Waals surface area contributed by atoms with Crippen LogP contribution in [0.4, 0.5) is 10.5 Å². The summed E-state index contributed by atoms with van der Waals surface area (Å²) >= 11 is 0. The molecule has 0 saturated carbocycles. The predicted molar refractivity (Wildman–Crippen MR) is 89.7 cm³/mol. The molecule has 7 heteroatoms. The zero-order chi connectivity index (χ0) is 17.1. The second kappa shape index (κ2) is 6.90. The SMILES string of the molecule is CCNC(=O)N1CCN(C(=O)C2CC(=O)Nc3ccccc32)CC1. The van der Waals surface area contributed by atoms with Gasteiger partial charge in [0, 0.05) is 44.8 Å². The molecule has 2 N–H and O–H groups in total. The summed E-state index contributed by atoms with van der Waals surface area (Å²) in [7, 11) is 0. The number of carbonyl (C=O) groups excluding carboxylic acids is 3. The molecule has 2 aliphatic heterocycles. The van der Waals surface area contributed by atoms with Crippen molar-refractivity contribution in [3.8, 4) is 0 Å². The highest BCUT2D eigenvalue weighted by molar-refractivity contribution is 6.01. The molecule has 7 nitrogen and oxygen atoms in total. The normalized spacial score (nSPS) is 20.2. The quantitative estimate of drug-likeness (QED) is 0.848. The molecule has 1 saturated heterocycles. The number of nitrogens with zero attached hydrogens (tertiary/aromatic N) is 2. The van der Waals surface area contributed by atoms with Crippen molar-refractivity contribution in [3.63, 3.8) is 0 Å². The summed E-state index contributed by atoms with van der Waals surface area (Å²) in [5.74, 6) is -0.605. The zero-order valence-electron chi connectivity index (χ0n) is 13.7. The molecular formula is C17H22N4O3. The van der Waals surface area contributed by atoms with E-state index in [-0.39, 0.29) is 24.3 Å². The minimum absolute atomic E-state index is 0.0344. The Balaban J connectivity index is 1.68. The Hall–Kier alpha value is -2.57. The lowest BCUT2D eigenvalue weighted by Gasteiger charge is -2.37. The van der Waals surface area contributed by atoms with Crippen LogP contribution < -0.4 is 10.6 Å². The predicted octanol–water partition coefficient (Wildman–Crippen LogP) is 0.986. The van der Waals surface area contributed by atoms with Crippen molar-refractivity contribution in [3.05, 3.63) is 29.8 Å². The fourth-order valence-corrected chi connectivity index (χ4v) is 3.24. The smallest absolute Gasteiger partial charge is 0.317 e. The average Bonchev–Trinajstić information content (AvgIpc) is 2.60. The first-order chi connectivity index (χ1) is 11.6. The highest BCUT2D eigenvalue weighted by Gasteiger charge is 2.34. The average molecular weight is 330 g/mol. The van der Waals surface area contributed by atoms with E-state index in [1.807, 2.05) is 31.2 Å². The van der Waals surface area contributed by atoms with Crippen molar-refractivity contribution in [2.24, 2.45) is 0 Å². The lowest BCUT2D eigenvalue weighted by Crippen LogP contribution is -2.54. The van der Waals surface area contributed by atoms with Crippen LogP contribution in [0, 0.1) is 0 Å². The van der Waals surface area contributed by atoms with E-state index in [0.29, 0.717) is 38.4 Å². The summed E-state index contributed by atoms with van der Waals surface area (Å²) in [4.78, 5) is 40.1. The van der Waals surface area contributed by atoms with Crippen LogP contribution in [0.25, 0.3) is 0 Å².